The van der Waals surface area contributed by atoms with Crippen molar-refractivity contribution in [2.75, 3.05) is 0 Å². The molecule has 0 aliphatic rings. The van der Waals surface area contributed by atoms with Crippen LogP contribution in [0.4, 0.5) is 0 Å². The Morgan fingerprint density at radius 1 is 0.275 bits per heavy atom. The molecule has 0 fully saturated rings. The molecule has 0 saturated carbocycles. The third-order valence-corrected chi connectivity index (χ3v) is 9.51. The molecule has 11 rings (SSSR count). The fraction of sp³-hybridized carbons (Fsp3) is 0. The van der Waals surface area contributed by atoms with Gasteiger partial charge in [-0.1, -0.05) is 109 Å². The van der Waals surface area contributed by atoms with Gasteiger partial charge in [0.25, 0.3) is 0 Å². The van der Waals surface area contributed by atoms with Crippen LogP contribution in [0.25, 0.3) is 97.7 Å². The van der Waals surface area contributed by atoms with Crippen LogP contribution in [-0.4, -0.2) is 8.80 Å². The van der Waals surface area contributed by atoms with Gasteiger partial charge in [0.05, 0.1) is 33.1 Å². The number of fused-ring (bicyclic) bond motifs is 18. The van der Waals surface area contributed by atoms with Gasteiger partial charge in [-0.3, -0.25) is 0 Å². The molecule has 0 spiro atoms. The van der Waals surface area contributed by atoms with Crippen LogP contribution < -0.4 is 0 Å². The van der Waals surface area contributed by atoms with Crippen molar-refractivity contribution in [3.63, 3.8) is 0 Å². The van der Waals surface area contributed by atoms with Gasteiger partial charge in [0.15, 0.2) is 0 Å². The minimum atomic E-state index is 1.28. The third-order valence-electron chi connectivity index (χ3n) is 9.51. The smallest absolute Gasteiger partial charge is 0.0634 e. The summed E-state index contributed by atoms with van der Waals surface area (Å²) in [6.45, 7) is 0. The van der Waals surface area contributed by atoms with Gasteiger partial charge in [0.2, 0.25) is 0 Å². The predicted octanol–water partition coefficient (Wildman–Crippen LogP) is 10.3. The van der Waals surface area contributed by atoms with Crippen LogP contribution in [0.5, 0.6) is 0 Å². The van der Waals surface area contributed by atoms with Crippen molar-refractivity contribution in [1.29, 1.82) is 0 Å². The van der Waals surface area contributed by atoms with E-state index >= 15 is 0 Å². The first-order valence-corrected chi connectivity index (χ1v) is 14.0. The number of nitrogens with zero attached hydrogens (tertiary/aromatic N) is 2. The Morgan fingerprint density at radius 3 is 1.12 bits per heavy atom. The number of aromatic nitrogens is 2. The maximum atomic E-state index is 2.57. The van der Waals surface area contributed by atoms with Crippen LogP contribution in [0.15, 0.2) is 121 Å². The largest absolute Gasteiger partial charge is 0.307 e. The molecule has 0 atom stereocenters. The van der Waals surface area contributed by atoms with Crippen molar-refractivity contribution >= 4 is 97.7 Å². The monoisotopic (exact) mass is 504 g/mol. The summed E-state index contributed by atoms with van der Waals surface area (Å²) in [5, 5.41) is 16.0. The average molecular weight is 505 g/mol. The summed E-state index contributed by atoms with van der Waals surface area (Å²) >= 11 is 0. The average Bonchev–Trinajstić information content (AvgIpc) is 3.73. The van der Waals surface area contributed by atoms with Crippen LogP contribution in [0, 0.1) is 0 Å². The Balaban J connectivity index is 1.62. The second-order valence-electron chi connectivity index (χ2n) is 11.3. The molecule has 0 radical (unpaired) electrons. The van der Waals surface area contributed by atoms with Crippen LogP contribution in [0.3, 0.4) is 0 Å². The molecule has 0 bridgehead atoms. The van der Waals surface area contributed by atoms with E-state index in [2.05, 4.69) is 130 Å². The molecule has 4 heterocycles. The summed E-state index contributed by atoms with van der Waals surface area (Å²) < 4.78 is 5.14. The molecule has 0 aliphatic heterocycles. The van der Waals surface area contributed by atoms with E-state index in [0.717, 1.165) is 0 Å². The predicted molar refractivity (Wildman–Crippen MR) is 171 cm³/mol. The van der Waals surface area contributed by atoms with E-state index in [1.165, 1.54) is 97.7 Å². The van der Waals surface area contributed by atoms with E-state index in [0.29, 0.717) is 0 Å². The first-order valence-electron chi connectivity index (χ1n) is 14.0. The minimum absolute atomic E-state index is 1.28. The molecular weight excluding hydrogens is 484 g/mol. The Morgan fingerprint density at radius 2 is 0.650 bits per heavy atom. The highest BCUT2D eigenvalue weighted by Gasteiger charge is 2.29. The number of hydrogen-bond donors (Lipinski definition) is 0. The first-order chi connectivity index (χ1) is 19.9. The molecule has 11 aromatic rings. The van der Waals surface area contributed by atoms with Crippen molar-refractivity contribution in [1.82, 2.24) is 8.80 Å². The minimum Gasteiger partial charge on any atom is -0.307 e. The summed E-state index contributed by atoms with van der Waals surface area (Å²) in [5.74, 6) is 0. The summed E-state index contributed by atoms with van der Waals surface area (Å²) in [5.41, 5.74) is 7.88. The van der Waals surface area contributed by atoms with Crippen LogP contribution in [-0.2, 0) is 0 Å². The van der Waals surface area contributed by atoms with E-state index in [-0.39, 0.29) is 0 Å². The molecule has 182 valence electrons. The Hall–Kier alpha value is -5.34. The molecular formula is C38H20N2. The van der Waals surface area contributed by atoms with Gasteiger partial charge in [-0.25, -0.2) is 0 Å². The summed E-state index contributed by atoms with van der Waals surface area (Å²) in [4.78, 5) is 0. The van der Waals surface area contributed by atoms with Gasteiger partial charge < -0.3 is 8.80 Å². The van der Waals surface area contributed by atoms with Crippen LogP contribution in [0.1, 0.15) is 0 Å². The Labute approximate surface area is 227 Å². The second kappa shape index (κ2) is 6.44. The molecule has 4 aromatic heterocycles. The molecule has 0 amide bonds. The van der Waals surface area contributed by atoms with E-state index in [4.69, 9.17) is 0 Å². The molecule has 7 aromatic carbocycles. The Kier molecular flexibility index (Phi) is 3.17. The van der Waals surface area contributed by atoms with Crippen LogP contribution >= 0.6 is 0 Å². The molecule has 2 nitrogen and oxygen atoms in total. The summed E-state index contributed by atoms with van der Waals surface area (Å²) in [6, 6.07) is 45.0. The fourth-order valence-corrected chi connectivity index (χ4v) is 8.08. The number of hydrogen-bond acceptors (Lipinski definition) is 0. The van der Waals surface area contributed by atoms with Gasteiger partial charge in [0.1, 0.15) is 0 Å². The number of para-hydroxylation sites is 2. The quantitative estimate of drug-likeness (QED) is 0.194. The van der Waals surface area contributed by atoms with Crippen molar-refractivity contribution in [2.45, 2.75) is 0 Å². The lowest BCUT2D eigenvalue weighted by Gasteiger charge is -2.04. The highest BCUT2D eigenvalue weighted by molar-refractivity contribution is 6.46. The highest BCUT2D eigenvalue weighted by Crippen LogP contribution is 2.52. The maximum absolute atomic E-state index is 2.57. The molecule has 2 heteroatoms. The van der Waals surface area contributed by atoms with Crippen molar-refractivity contribution in [3.8, 4) is 0 Å². The first kappa shape index (κ1) is 19.7. The lowest BCUT2D eigenvalue weighted by Crippen LogP contribution is -1.82. The summed E-state index contributed by atoms with van der Waals surface area (Å²) in [7, 11) is 0. The zero-order valence-corrected chi connectivity index (χ0v) is 21.4. The van der Waals surface area contributed by atoms with Gasteiger partial charge in [0, 0.05) is 53.9 Å². The summed E-state index contributed by atoms with van der Waals surface area (Å²) in [6.07, 6.45) is 0. The second-order valence-corrected chi connectivity index (χ2v) is 11.3. The van der Waals surface area contributed by atoms with Crippen molar-refractivity contribution in [3.05, 3.63) is 121 Å². The van der Waals surface area contributed by atoms with E-state index in [1.807, 2.05) is 0 Å². The Bertz CT molecular complexity index is 2660. The van der Waals surface area contributed by atoms with E-state index in [9.17, 15) is 0 Å². The lowest BCUT2D eigenvalue weighted by atomic mass is 9.96. The SMILES string of the molecule is c1ccc2c(c1)ccc1c3c4c5ccccc5n5c6c7ccccc7ccc6c(c6c7ccccc7n(c21)c63)c45. The van der Waals surface area contributed by atoms with Gasteiger partial charge >= 0.3 is 0 Å². The zero-order chi connectivity index (χ0) is 25.7. The van der Waals surface area contributed by atoms with Crippen LogP contribution in [0.2, 0.25) is 0 Å². The van der Waals surface area contributed by atoms with Crippen molar-refractivity contribution < 1.29 is 0 Å². The third kappa shape index (κ3) is 1.98. The van der Waals surface area contributed by atoms with Gasteiger partial charge in [-0.05, 0) is 22.9 Å². The normalized spacial score (nSPS) is 13.0. The number of rotatable bonds is 0. The standard InChI is InChI=1S/C38H20N2/c1-3-11-23-21(9-1)17-19-27-33-31-26-14-6-8-16-30(26)40-36-24-12-4-2-10-22(24)18-20-28(36)34(38(31)40)32-25-13-5-7-15-29(25)39(35(23)27)37(32)33/h1-20H. The van der Waals surface area contributed by atoms with E-state index in [1.54, 1.807) is 0 Å². The fourth-order valence-electron chi connectivity index (χ4n) is 8.08. The van der Waals surface area contributed by atoms with Gasteiger partial charge in [-0.2, -0.15) is 0 Å². The van der Waals surface area contributed by atoms with Crippen molar-refractivity contribution in [2.24, 2.45) is 0 Å². The molecule has 0 N–H and O–H groups in total. The highest BCUT2D eigenvalue weighted by atomic mass is 14.9. The topological polar surface area (TPSA) is 8.82 Å². The van der Waals surface area contributed by atoms with Gasteiger partial charge in [-0.15, -0.1) is 0 Å². The molecule has 0 saturated heterocycles. The zero-order valence-electron chi connectivity index (χ0n) is 21.4. The van der Waals surface area contributed by atoms with E-state index < -0.39 is 0 Å². The number of benzene rings is 7. The lowest BCUT2D eigenvalue weighted by molar-refractivity contribution is 1.38. The molecule has 0 aliphatic carbocycles. The molecule has 40 heavy (non-hydrogen) atoms. The maximum Gasteiger partial charge on any atom is 0.0634 e. The molecule has 0 unspecified atom stereocenters.